The van der Waals surface area contributed by atoms with Gasteiger partial charge in [0.15, 0.2) is 0 Å². The highest BCUT2D eigenvalue weighted by Crippen LogP contribution is 2.16. The molecular formula is C13H22N2O3. The van der Waals surface area contributed by atoms with Gasteiger partial charge in [-0.05, 0) is 31.6 Å². The van der Waals surface area contributed by atoms with E-state index < -0.39 is 0 Å². The molecule has 2 heterocycles. The molecule has 1 atom stereocenters. The molecule has 0 aromatic rings. The number of amides is 2. The van der Waals surface area contributed by atoms with Crippen LogP contribution >= 0.6 is 0 Å². The number of likely N-dealkylation sites (tertiary alicyclic amines) is 1. The van der Waals surface area contributed by atoms with Crippen LogP contribution in [0.4, 0.5) is 0 Å². The molecule has 2 amide bonds. The van der Waals surface area contributed by atoms with E-state index in [4.69, 9.17) is 4.74 Å². The van der Waals surface area contributed by atoms with Crippen molar-refractivity contribution >= 4 is 11.8 Å². The summed E-state index contributed by atoms with van der Waals surface area (Å²) in [5.41, 5.74) is 0. The van der Waals surface area contributed by atoms with E-state index in [1.807, 2.05) is 0 Å². The van der Waals surface area contributed by atoms with Crippen LogP contribution in [0.1, 0.15) is 32.1 Å². The quantitative estimate of drug-likeness (QED) is 0.779. The van der Waals surface area contributed by atoms with Gasteiger partial charge in [0, 0.05) is 32.7 Å². The molecule has 0 aromatic carbocycles. The lowest BCUT2D eigenvalue weighted by Gasteiger charge is -2.22. The second-order valence-electron chi connectivity index (χ2n) is 5.14. The summed E-state index contributed by atoms with van der Waals surface area (Å²) in [4.78, 5) is 24.6. The lowest BCUT2D eigenvalue weighted by atomic mass is 9.99. The standard InChI is InChI=1S/C13H22N2O3/c16-12(9-15-7-1-4-13(15)17)14-6-5-11-3-2-8-18-10-11/h11H,1-10H2,(H,14,16). The first-order valence-electron chi connectivity index (χ1n) is 6.88. The Bertz CT molecular complexity index is 301. The number of ether oxygens (including phenoxy) is 1. The number of rotatable bonds is 5. The van der Waals surface area contributed by atoms with Crippen LogP contribution in [0.25, 0.3) is 0 Å². The third-order valence-electron chi connectivity index (χ3n) is 3.64. The smallest absolute Gasteiger partial charge is 0.239 e. The zero-order valence-electron chi connectivity index (χ0n) is 10.8. The minimum absolute atomic E-state index is 0.0398. The van der Waals surface area contributed by atoms with Crippen LogP contribution < -0.4 is 5.32 Å². The Labute approximate surface area is 108 Å². The molecule has 1 unspecified atom stereocenters. The van der Waals surface area contributed by atoms with Crippen LogP contribution in [-0.2, 0) is 14.3 Å². The van der Waals surface area contributed by atoms with Gasteiger partial charge in [0.1, 0.15) is 0 Å². The number of nitrogens with zero attached hydrogens (tertiary/aromatic N) is 1. The first-order valence-corrected chi connectivity index (χ1v) is 6.88. The molecule has 0 aromatic heterocycles. The predicted molar refractivity (Wildman–Crippen MR) is 67.0 cm³/mol. The Kier molecular flexibility index (Phi) is 4.99. The third kappa shape index (κ3) is 3.98. The third-order valence-corrected chi connectivity index (χ3v) is 3.64. The zero-order chi connectivity index (χ0) is 12.8. The second-order valence-corrected chi connectivity index (χ2v) is 5.14. The fourth-order valence-electron chi connectivity index (χ4n) is 2.55. The molecule has 2 fully saturated rings. The van der Waals surface area contributed by atoms with Crippen LogP contribution in [0.3, 0.4) is 0 Å². The molecule has 1 N–H and O–H groups in total. The highest BCUT2D eigenvalue weighted by Gasteiger charge is 2.22. The van der Waals surface area contributed by atoms with Crippen molar-refractivity contribution in [3.8, 4) is 0 Å². The van der Waals surface area contributed by atoms with Gasteiger partial charge in [0.05, 0.1) is 6.54 Å². The first-order chi connectivity index (χ1) is 8.75. The predicted octanol–water partition coefficient (Wildman–Crippen LogP) is 0.542. The van der Waals surface area contributed by atoms with Crippen molar-refractivity contribution in [2.75, 3.05) is 32.8 Å². The summed E-state index contributed by atoms with van der Waals surface area (Å²) in [6.07, 6.45) is 4.76. The molecule has 0 radical (unpaired) electrons. The van der Waals surface area contributed by atoms with Crippen molar-refractivity contribution in [2.45, 2.75) is 32.1 Å². The molecule has 0 aliphatic carbocycles. The molecule has 0 bridgehead atoms. The average molecular weight is 254 g/mol. The van der Waals surface area contributed by atoms with E-state index in [0.29, 0.717) is 18.9 Å². The van der Waals surface area contributed by atoms with Crippen LogP contribution in [0.5, 0.6) is 0 Å². The molecule has 0 spiro atoms. The highest BCUT2D eigenvalue weighted by molar-refractivity contribution is 5.85. The Morgan fingerprint density at radius 2 is 2.33 bits per heavy atom. The van der Waals surface area contributed by atoms with Crippen molar-refractivity contribution < 1.29 is 14.3 Å². The Balaban J connectivity index is 1.58. The molecule has 0 saturated carbocycles. The van der Waals surface area contributed by atoms with Gasteiger partial charge in [0.25, 0.3) is 0 Å². The first kappa shape index (κ1) is 13.3. The molecule has 18 heavy (non-hydrogen) atoms. The number of carbonyl (C=O) groups excluding carboxylic acids is 2. The summed E-state index contributed by atoms with van der Waals surface area (Å²) >= 11 is 0. The number of carbonyl (C=O) groups is 2. The van der Waals surface area contributed by atoms with Crippen LogP contribution in [-0.4, -0.2) is 49.6 Å². The maximum absolute atomic E-state index is 11.7. The monoisotopic (exact) mass is 254 g/mol. The van der Waals surface area contributed by atoms with E-state index in [-0.39, 0.29) is 18.4 Å². The van der Waals surface area contributed by atoms with Crippen LogP contribution in [0, 0.1) is 5.92 Å². The summed E-state index contributed by atoms with van der Waals surface area (Å²) in [6.45, 7) is 3.33. The largest absolute Gasteiger partial charge is 0.381 e. The lowest BCUT2D eigenvalue weighted by molar-refractivity contribution is -0.133. The zero-order valence-corrected chi connectivity index (χ0v) is 10.8. The summed E-state index contributed by atoms with van der Waals surface area (Å²) in [7, 11) is 0. The molecule has 2 saturated heterocycles. The van der Waals surface area contributed by atoms with Gasteiger partial charge in [-0.2, -0.15) is 0 Å². The molecule has 2 aliphatic heterocycles. The topological polar surface area (TPSA) is 58.6 Å². The van der Waals surface area contributed by atoms with E-state index in [2.05, 4.69) is 5.32 Å². The van der Waals surface area contributed by atoms with E-state index in [1.54, 1.807) is 4.90 Å². The molecule has 2 aliphatic rings. The van der Waals surface area contributed by atoms with E-state index in [0.717, 1.165) is 39.0 Å². The van der Waals surface area contributed by atoms with E-state index >= 15 is 0 Å². The van der Waals surface area contributed by atoms with Gasteiger partial charge in [-0.15, -0.1) is 0 Å². The minimum Gasteiger partial charge on any atom is -0.381 e. The molecule has 5 heteroatoms. The number of hydrogen-bond acceptors (Lipinski definition) is 3. The van der Waals surface area contributed by atoms with Crippen LogP contribution in [0.2, 0.25) is 0 Å². The van der Waals surface area contributed by atoms with Gasteiger partial charge in [0.2, 0.25) is 11.8 Å². The summed E-state index contributed by atoms with van der Waals surface area (Å²) in [5.74, 6) is 0.639. The highest BCUT2D eigenvalue weighted by atomic mass is 16.5. The van der Waals surface area contributed by atoms with Crippen LogP contribution in [0.15, 0.2) is 0 Å². The number of nitrogens with one attached hydrogen (secondary N) is 1. The van der Waals surface area contributed by atoms with Crippen molar-refractivity contribution in [2.24, 2.45) is 5.92 Å². The summed E-state index contributed by atoms with van der Waals surface area (Å²) < 4.78 is 5.40. The van der Waals surface area contributed by atoms with Gasteiger partial charge in [-0.3, -0.25) is 9.59 Å². The summed E-state index contributed by atoms with van der Waals surface area (Å²) in [5, 5.41) is 2.89. The minimum atomic E-state index is -0.0398. The van der Waals surface area contributed by atoms with Crippen molar-refractivity contribution in [3.05, 3.63) is 0 Å². The Morgan fingerprint density at radius 3 is 3.00 bits per heavy atom. The molecule has 5 nitrogen and oxygen atoms in total. The fraction of sp³-hybridized carbons (Fsp3) is 0.846. The van der Waals surface area contributed by atoms with Crippen molar-refractivity contribution in [3.63, 3.8) is 0 Å². The SMILES string of the molecule is O=C(CN1CCCC1=O)NCCC1CCCOC1. The molecular weight excluding hydrogens is 232 g/mol. The van der Waals surface area contributed by atoms with Crippen molar-refractivity contribution in [1.29, 1.82) is 0 Å². The van der Waals surface area contributed by atoms with Gasteiger partial charge >= 0.3 is 0 Å². The normalized spacial score (nSPS) is 24.3. The van der Waals surface area contributed by atoms with Gasteiger partial charge in [-0.25, -0.2) is 0 Å². The maximum Gasteiger partial charge on any atom is 0.239 e. The lowest BCUT2D eigenvalue weighted by Crippen LogP contribution is -2.38. The maximum atomic E-state index is 11.7. The molecule has 2 rings (SSSR count). The fourth-order valence-corrected chi connectivity index (χ4v) is 2.55. The van der Waals surface area contributed by atoms with Gasteiger partial charge in [-0.1, -0.05) is 0 Å². The Morgan fingerprint density at radius 1 is 1.44 bits per heavy atom. The van der Waals surface area contributed by atoms with Crippen molar-refractivity contribution in [1.82, 2.24) is 10.2 Å². The average Bonchev–Trinajstić information content (AvgIpc) is 2.76. The van der Waals surface area contributed by atoms with E-state index in [1.165, 1.54) is 6.42 Å². The number of hydrogen-bond donors (Lipinski definition) is 1. The Hall–Kier alpha value is -1.10. The molecule has 102 valence electrons. The summed E-state index contributed by atoms with van der Waals surface area (Å²) in [6, 6.07) is 0. The second kappa shape index (κ2) is 6.73. The van der Waals surface area contributed by atoms with Gasteiger partial charge < -0.3 is 15.0 Å². The van der Waals surface area contributed by atoms with E-state index in [9.17, 15) is 9.59 Å².